The number of benzene rings is 2. The molecule has 0 aliphatic carbocycles. The van der Waals surface area contributed by atoms with Crippen molar-refractivity contribution in [2.24, 2.45) is 10.7 Å². The molecule has 182 valence electrons. The lowest BCUT2D eigenvalue weighted by atomic mass is 10.2. The summed E-state index contributed by atoms with van der Waals surface area (Å²) >= 11 is 12.1. The van der Waals surface area contributed by atoms with Crippen LogP contribution >= 0.6 is 23.2 Å². The van der Waals surface area contributed by atoms with Gasteiger partial charge < -0.3 is 21.1 Å². The van der Waals surface area contributed by atoms with Crippen LogP contribution in [0.1, 0.15) is 11.1 Å². The van der Waals surface area contributed by atoms with Gasteiger partial charge in [-0.15, -0.1) is 4.99 Å². The van der Waals surface area contributed by atoms with Gasteiger partial charge in [-0.3, -0.25) is 4.57 Å². The third kappa shape index (κ3) is 6.75. The highest BCUT2D eigenvalue weighted by molar-refractivity contribution is 6.42. The number of rotatable bonds is 9. The van der Waals surface area contributed by atoms with Gasteiger partial charge in [0.2, 0.25) is 18.1 Å². The molecular weight excluding hydrogens is 495 g/mol. The summed E-state index contributed by atoms with van der Waals surface area (Å²) in [6.07, 6.45) is 1.57. The Hall–Kier alpha value is -4.01. The molecule has 0 aliphatic rings. The lowest BCUT2D eigenvalue weighted by Gasteiger charge is -2.16. The second kappa shape index (κ2) is 11.9. The Labute approximate surface area is 210 Å². The standard InChI is InChI=1S/C22H22Cl2N8O3/c1-35-16-5-2-14(3-6-16)11-31-20(28-9-8-27-19(26)29-13-25)30-21(33)32(22(31)34)12-15-4-7-17(23)18(24)10-15/h2-7,10H,8-9,11-12H2,1H3,(H3,26,27,29)(H,28,30,33). The summed E-state index contributed by atoms with van der Waals surface area (Å²) in [4.78, 5) is 33.6. The van der Waals surface area contributed by atoms with Gasteiger partial charge in [0, 0.05) is 13.1 Å². The Morgan fingerprint density at radius 1 is 1.09 bits per heavy atom. The zero-order valence-corrected chi connectivity index (χ0v) is 20.2. The van der Waals surface area contributed by atoms with Crippen LogP contribution in [-0.2, 0) is 13.1 Å². The van der Waals surface area contributed by atoms with E-state index in [1.165, 1.54) is 4.57 Å². The third-order valence-electron chi connectivity index (χ3n) is 4.86. The Balaban J connectivity index is 1.94. The van der Waals surface area contributed by atoms with Crippen LogP contribution in [0, 0.1) is 11.5 Å². The number of guanidine groups is 1. The van der Waals surface area contributed by atoms with Crippen molar-refractivity contribution in [3.8, 4) is 11.9 Å². The number of aliphatic imine (C=N–C) groups is 1. The van der Waals surface area contributed by atoms with Gasteiger partial charge in [0.15, 0.2) is 0 Å². The van der Waals surface area contributed by atoms with Crippen molar-refractivity contribution in [1.82, 2.24) is 19.4 Å². The van der Waals surface area contributed by atoms with Crippen molar-refractivity contribution in [2.45, 2.75) is 13.1 Å². The summed E-state index contributed by atoms with van der Waals surface area (Å²) in [5, 5.41) is 14.9. The van der Waals surface area contributed by atoms with Crippen molar-refractivity contribution in [3.63, 3.8) is 0 Å². The highest BCUT2D eigenvalue weighted by Crippen LogP contribution is 2.22. The number of methoxy groups -OCH3 is 1. The van der Waals surface area contributed by atoms with Crippen LogP contribution in [0.25, 0.3) is 0 Å². The highest BCUT2D eigenvalue weighted by atomic mass is 35.5. The Kier molecular flexibility index (Phi) is 8.72. The molecule has 13 heteroatoms. The highest BCUT2D eigenvalue weighted by Gasteiger charge is 2.15. The van der Waals surface area contributed by atoms with E-state index in [4.69, 9.17) is 38.9 Å². The van der Waals surface area contributed by atoms with E-state index >= 15 is 0 Å². The van der Waals surface area contributed by atoms with E-state index in [-0.39, 0.29) is 38.1 Å². The van der Waals surface area contributed by atoms with E-state index in [0.717, 1.165) is 10.1 Å². The molecule has 0 amide bonds. The molecular formula is C22H22Cl2N8O3. The molecule has 0 unspecified atom stereocenters. The minimum atomic E-state index is -0.729. The summed E-state index contributed by atoms with van der Waals surface area (Å²) in [7, 11) is 1.56. The number of aromatic nitrogens is 3. The summed E-state index contributed by atoms with van der Waals surface area (Å²) in [5.74, 6) is 0.707. The van der Waals surface area contributed by atoms with Gasteiger partial charge in [-0.25, -0.2) is 14.2 Å². The zero-order valence-electron chi connectivity index (χ0n) is 18.7. The molecule has 2 aromatic carbocycles. The van der Waals surface area contributed by atoms with E-state index in [1.807, 2.05) is 12.1 Å². The first-order valence-corrected chi connectivity index (χ1v) is 11.1. The molecule has 3 aromatic rings. The number of ether oxygens (including phenoxy) is 1. The summed E-state index contributed by atoms with van der Waals surface area (Å²) in [6.45, 7) is 0.618. The number of nitrogens with zero attached hydrogens (tertiary/aromatic N) is 5. The van der Waals surface area contributed by atoms with Gasteiger partial charge in [-0.05, 0) is 35.4 Å². The van der Waals surface area contributed by atoms with Crippen molar-refractivity contribution in [3.05, 3.63) is 84.6 Å². The maximum Gasteiger partial charge on any atom is 0.355 e. The molecule has 0 atom stereocenters. The van der Waals surface area contributed by atoms with Crippen LogP contribution in [0.3, 0.4) is 0 Å². The first-order chi connectivity index (χ1) is 16.8. The van der Waals surface area contributed by atoms with E-state index in [9.17, 15) is 9.59 Å². The van der Waals surface area contributed by atoms with Crippen LogP contribution in [-0.4, -0.2) is 40.3 Å². The van der Waals surface area contributed by atoms with E-state index < -0.39 is 11.4 Å². The number of halogens is 2. The van der Waals surface area contributed by atoms with Crippen LogP contribution in [0.2, 0.25) is 10.0 Å². The molecule has 4 N–H and O–H groups in total. The molecule has 0 saturated carbocycles. The predicted molar refractivity (Wildman–Crippen MR) is 134 cm³/mol. The average molecular weight is 517 g/mol. The van der Waals surface area contributed by atoms with E-state index in [1.54, 1.807) is 43.6 Å². The fourth-order valence-electron chi connectivity index (χ4n) is 3.13. The van der Waals surface area contributed by atoms with Crippen molar-refractivity contribution < 1.29 is 4.74 Å². The first-order valence-electron chi connectivity index (χ1n) is 10.3. The number of hydrogen-bond donors (Lipinski definition) is 3. The number of nitrogens with one attached hydrogen (secondary N) is 2. The SMILES string of the molecule is COc1ccc(Cn2c(NCCN/C(N)=N/C#N)nc(=O)n(Cc3ccc(Cl)c(Cl)c3)c2=O)cc1. The monoisotopic (exact) mass is 516 g/mol. The molecule has 1 heterocycles. The first kappa shape index (κ1) is 25.6. The molecule has 1 aromatic heterocycles. The molecule has 0 fully saturated rings. The predicted octanol–water partition coefficient (Wildman–Crippen LogP) is 1.61. The van der Waals surface area contributed by atoms with Gasteiger partial charge in [0.05, 0.1) is 30.2 Å². The van der Waals surface area contributed by atoms with Crippen LogP contribution in [0.4, 0.5) is 5.95 Å². The lowest BCUT2D eigenvalue weighted by molar-refractivity contribution is 0.414. The third-order valence-corrected chi connectivity index (χ3v) is 5.60. The maximum atomic E-state index is 13.4. The summed E-state index contributed by atoms with van der Waals surface area (Å²) < 4.78 is 7.55. The summed E-state index contributed by atoms with van der Waals surface area (Å²) in [6, 6.07) is 12.0. The van der Waals surface area contributed by atoms with Crippen LogP contribution < -0.4 is 32.5 Å². The lowest BCUT2D eigenvalue weighted by Crippen LogP contribution is -2.43. The topological polar surface area (TPSA) is 152 Å². The van der Waals surface area contributed by atoms with E-state index in [0.29, 0.717) is 21.4 Å². The largest absolute Gasteiger partial charge is 0.497 e. The van der Waals surface area contributed by atoms with Crippen molar-refractivity contribution in [2.75, 3.05) is 25.5 Å². The molecule has 0 radical (unpaired) electrons. The van der Waals surface area contributed by atoms with Gasteiger partial charge in [-0.1, -0.05) is 41.4 Å². The smallest absolute Gasteiger partial charge is 0.355 e. The van der Waals surface area contributed by atoms with Gasteiger partial charge in [-0.2, -0.15) is 10.2 Å². The molecule has 0 spiro atoms. The number of nitrogens with two attached hydrogens (primary N) is 1. The number of nitriles is 1. The second-order valence-electron chi connectivity index (χ2n) is 7.22. The maximum absolute atomic E-state index is 13.4. The van der Waals surface area contributed by atoms with Crippen LogP contribution in [0.5, 0.6) is 5.75 Å². The van der Waals surface area contributed by atoms with Crippen molar-refractivity contribution >= 4 is 35.1 Å². The minimum absolute atomic E-state index is 0.0346. The normalized spacial score (nSPS) is 11.1. The zero-order chi connectivity index (χ0) is 25.4. The number of anilines is 1. The second-order valence-corrected chi connectivity index (χ2v) is 8.03. The molecule has 11 nitrogen and oxygen atoms in total. The number of hydrogen-bond acceptors (Lipinski definition) is 7. The van der Waals surface area contributed by atoms with Gasteiger partial charge in [0.25, 0.3) is 0 Å². The fourth-order valence-corrected chi connectivity index (χ4v) is 3.46. The quantitative estimate of drug-likeness (QED) is 0.168. The molecule has 0 saturated heterocycles. The average Bonchev–Trinajstić information content (AvgIpc) is 2.84. The van der Waals surface area contributed by atoms with Gasteiger partial charge >= 0.3 is 11.4 Å². The molecule has 35 heavy (non-hydrogen) atoms. The van der Waals surface area contributed by atoms with Crippen LogP contribution in [0.15, 0.2) is 57.0 Å². The van der Waals surface area contributed by atoms with Crippen molar-refractivity contribution in [1.29, 1.82) is 5.26 Å². The van der Waals surface area contributed by atoms with Gasteiger partial charge in [0.1, 0.15) is 5.75 Å². The Morgan fingerprint density at radius 2 is 1.77 bits per heavy atom. The Bertz CT molecular complexity index is 1380. The molecule has 3 rings (SSSR count). The minimum Gasteiger partial charge on any atom is -0.497 e. The molecule has 0 aliphatic heterocycles. The fraction of sp³-hybridized carbons (Fsp3) is 0.227. The van der Waals surface area contributed by atoms with E-state index in [2.05, 4.69) is 20.6 Å². The summed E-state index contributed by atoms with van der Waals surface area (Å²) in [5.41, 5.74) is 5.64. The molecule has 0 bridgehead atoms. The Morgan fingerprint density at radius 3 is 2.43 bits per heavy atom.